The zero-order chi connectivity index (χ0) is 17.4. The molecule has 4 nitrogen and oxygen atoms in total. The van der Waals surface area contributed by atoms with Gasteiger partial charge in [0.25, 0.3) is 0 Å². The number of allylic oxidation sites excluding steroid dienone is 1. The Morgan fingerprint density at radius 2 is 1.87 bits per heavy atom. The van der Waals surface area contributed by atoms with Gasteiger partial charge in [-0.05, 0) is 38.3 Å². The minimum absolute atomic E-state index is 0.103. The van der Waals surface area contributed by atoms with E-state index in [9.17, 15) is 4.79 Å². The number of ether oxygens (including phenoxy) is 2. The predicted molar refractivity (Wildman–Crippen MR) is 93.8 cm³/mol. The van der Waals surface area contributed by atoms with E-state index in [0.717, 1.165) is 17.0 Å². The van der Waals surface area contributed by atoms with Gasteiger partial charge < -0.3 is 14.4 Å². The average Bonchev–Trinajstić information content (AvgIpc) is 2.49. The van der Waals surface area contributed by atoms with Gasteiger partial charge in [0.15, 0.2) is 0 Å². The smallest absolute Gasteiger partial charge is 0.328 e. The normalized spacial score (nSPS) is 17.4. The number of carbonyl (C=O) groups excluding carboxylic acids is 1. The molecule has 1 heterocycles. The van der Waals surface area contributed by atoms with Crippen LogP contribution in [0.15, 0.2) is 24.3 Å². The highest BCUT2D eigenvalue weighted by Gasteiger charge is 2.42. The second kappa shape index (κ2) is 6.26. The van der Waals surface area contributed by atoms with E-state index in [1.165, 1.54) is 12.7 Å². The van der Waals surface area contributed by atoms with E-state index in [4.69, 9.17) is 9.47 Å². The molecule has 0 fully saturated rings. The van der Waals surface area contributed by atoms with Crippen LogP contribution in [-0.4, -0.2) is 31.8 Å². The van der Waals surface area contributed by atoms with Crippen molar-refractivity contribution < 1.29 is 14.3 Å². The zero-order valence-electron chi connectivity index (χ0n) is 15.1. The predicted octanol–water partition coefficient (Wildman–Crippen LogP) is 3.89. The van der Waals surface area contributed by atoms with Gasteiger partial charge >= 0.3 is 5.97 Å². The molecule has 1 unspecified atom stereocenters. The molecule has 1 aliphatic heterocycles. The Labute approximate surface area is 139 Å². The molecular formula is C19H27NO3. The lowest BCUT2D eigenvalue weighted by atomic mass is 9.85. The van der Waals surface area contributed by atoms with Crippen molar-refractivity contribution in [3.63, 3.8) is 0 Å². The van der Waals surface area contributed by atoms with Crippen LogP contribution in [0, 0.1) is 5.92 Å². The van der Waals surface area contributed by atoms with Crippen molar-refractivity contribution in [2.45, 2.75) is 46.2 Å². The van der Waals surface area contributed by atoms with Crippen molar-refractivity contribution >= 4 is 17.2 Å². The van der Waals surface area contributed by atoms with Crippen LogP contribution in [0.2, 0.25) is 0 Å². The van der Waals surface area contributed by atoms with Crippen LogP contribution in [0.3, 0.4) is 0 Å². The Kier molecular flexibility index (Phi) is 4.73. The molecule has 0 bridgehead atoms. The van der Waals surface area contributed by atoms with Crippen molar-refractivity contribution in [3.8, 4) is 5.75 Å². The molecule has 0 aliphatic carbocycles. The lowest BCUT2D eigenvalue weighted by Crippen LogP contribution is -2.56. The number of para-hydroxylation sites is 1. The summed E-state index contributed by atoms with van der Waals surface area (Å²) in [5.74, 6) is 0.654. The van der Waals surface area contributed by atoms with Gasteiger partial charge in [-0.15, -0.1) is 0 Å². The maximum atomic E-state index is 12.5. The molecule has 0 saturated heterocycles. The molecule has 1 atom stereocenters. The van der Waals surface area contributed by atoms with E-state index in [1.807, 2.05) is 26.0 Å². The highest BCUT2D eigenvalue weighted by molar-refractivity contribution is 5.90. The summed E-state index contributed by atoms with van der Waals surface area (Å²) < 4.78 is 10.7. The third kappa shape index (κ3) is 2.94. The minimum atomic E-state index is -0.380. The van der Waals surface area contributed by atoms with Crippen molar-refractivity contribution in [1.29, 1.82) is 0 Å². The van der Waals surface area contributed by atoms with E-state index in [1.54, 1.807) is 7.11 Å². The Bertz CT molecular complexity index is 632. The van der Waals surface area contributed by atoms with Crippen LogP contribution in [-0.2, 0) is 9.53 Å². The minimum Gasteiger partial charge on any atom is -0.495 e. The summed E-state index contributed by atoms with van der Waals surface area (Å²) in [6.45, 7) is 10.4. The molecule has 0 N–H and O–H groups in total. The van der Waals surface area contributed by atoms with Crippen LogP contribution >= 0.6 is 0 Å². The number of anilines is 1. The molecule has 4 heteroatoms. The van der Waals surface area contributed by atoms with Gasteiger partial charge in [0.2, 0.25) is 0 Å². The number of hydrogen-bond acceptors (Lipinski definition) is 4. The Balaban J connectivity index is 2.74. The van der Waals surface area contributed by atoms with Gasteiger partial charge in [-0.1, -0.05) is 32.1 Å². The van der Waals surface area contributed by atoms with Crippen LogP contribution < -0.4 is 9.64 Å². The molecule has 2 rings (SSSR count). The van der Waals surface area contributed by atoms with Gasteiger partial charge in [-0.3, -0.25) is 0 Å². The van der Waals surface area contributed by atoms with Crippen LogP contribution in [0.5, 0.6) is 5.75 Å². The lowest BCUT2D eigenvalue weighted by Gasteiger charge is -2.48. The molecule has 23 heavy (non-hydrogen) atoms. The van der Waals surface area contributed by atoms with Crippen molar-refractivity contribution in [2.75, 3.05) is 19.1 Å². The number of fused-ring (bicyclic) bond motifs is 1. The van der Waals surface area contributed by atoms with E-state index >= 15 is 0 Å². The largest absolute Gasteiger partial charge is 0.495 e. The molecule has 0 saturated carbocycles. The van der Waals surface area contributed by atoms with Gasteiger partial charge in [-0.2, -0.15) is 0 Å². The Morgan fingerprint density at radius 1 is 1.22 bits per heavy atom. The third-order valence-electron chi connectivity index (χ3n) is 4.43. The van der Waals surface area contributed by atoms with E-state index < -0.39 is 0 Å². The topological polar surface area (TPSA) is 38.8 Å². The first-order chi connectivity index (χ1) is 10.7. The average molecular weight is 317 g/mol. The monoisotopic (exact) mass is 317 g/mol. The van der Waals surface area contributed by atoms with Gasteiger partial charge in [0, 0.05) is 5.56 Å². The second-order valence-electron chi connectivity index (χ2n) is 6.92. The van der Waals surface area contributed by atoms with Crippen LogP contribution in [0.1, 0.15) is 40.2 Å². The second-order valence-corrected chi connectivity index (χ2v) is 6.92. The van der Waals surface area contributed by atoms with E-state index in [-0.39, 0.29) is 23.5 Å². The third-order valence-corrected chi connectivity index (χ3v) is 4.43. The summed E-state index contributed by atoms with van der Waals surface area (Å²) in [4.78, 5) is 14.6. The molecule has 126 valence electrons. The summed E-state index contributed by atoms with van der Waals surface area (Å²) in [6.07, 6.45) is 2.20. The fourth-order valence-corrected chi connectivity index (χ4v) is 3.51. The molecular weight excluding hydrogens is 290 g/mol. The van der Waals surface area contributed by atoms with Crippen molar-refractivity contribution in [3.05, 3.63) is 29.8 Å². The molecule has 0 aromatic heterocycles. The number of nitrogens with zero attached hydrogens (tertiary/aromatic N) is 1. The SMILES string of the molecule is COC(=O)C(C(C)C)N1c2c(OC)cccc2C(C)=CC1(C)C. The highest BCUT2D eigenvalue weighted by Crippen LogP contribution is 2.46. The summed E-state index contributed by atoms with van der Waals surface area (Å²) in [5, 5.41) is 0. The van der Waals surface area contributed by atoms with Crippen molar-refractivity contribution in [2.24, 2.45) is 5.92 Å². The molecule has 0 amide bonds. The maximum Gasteiger partial charge on any atom is 0.328 e. The molecule has 1 aromatic carbocycles. The molecule has 1 aromatic rings. The summed E-state index contributed by atoms with van der Waals surface area (Å²) in [5.41, 5.74) is 2.92. The van der Waals surface area contributed by atoms with Crippen LogP contribution in [0.4, 0.5) is 5.69 Å². The molecule has 0 radical (unpaired) electrons. The number of benzene rings is 1. The fourth-order valence-electron chi connectivity index (χ4n) is 3.51. The standard InChI is InChI=1S/C19H27NO3/c1-12(2)16(18(21)23-7)20-17-14(9-8-10-15(17)22-6)13(3)11-19(20,4)5/h8-12,16H,1-7H3. The summed E-state index contributed by atoms with van der Waals surface area (Å²) in [7, 11) is 3.11. The Morgan fingerprint density at radius 3 is 2.39 bits per heavy atom. The first kappa shape index (κ1) is 17.4. The quantitative estimate of drug-likeness (QED) is 0.790. The number of hydrogen-bond donors (Lipinski definition) is 0. The number of rotatable bonds is 4. The fraction of sp³-hybridized carbons (Fsp3) is 0.526. The van der Waals surface area contributed by atoms with Gasteiger partial charge in [-0.25, -0.2) is 4.79 Å². The highest BCUT2D eigenvalue weighted by atomic mass is 16.5. The first-order valence-electron chi connectivity index (χ1n) is 7.98. The first-order valence-corrected chi connectivity index (χ1v) is 7.98. The Hall–Kier alpha value is -1.97. The van der Waals surface area contributed by atoms with Crippen LogP contribution in [0.25, 0.3) is 5.57 Å². The number of carbonyl (C=O) groups is 1. The van der Waals surface area contributed by atoms with E-state index in [0.29, 0.717) is 0 Å². The number of methoxy groups -OCH3 is 2. The number of esters is 1. The molecule has 1 aliphatic rings. The van der Waals surface area contributed by atoms with E-state index in [2.05, 4.69) is 37.8 Å². The summed E-state index contributed by atoms with van der Waals surface area (Å²) >= 11 is 0. The maximum absolute atomic E-state index is 12.5. The zero-order valence-corrected chi connectivity index (χ0v) is 15.1. The van der Waals surface area contributed by atoms with Gasteiger partial charge in [0.1, 0.15) is 11.8 Å². The lowest BCUT2D eigenvalue weighted by molar-refractivity contribution is -0.143. The van der Waals surface area contributed by atoms with Crippen molar-refractivity contribution in [1.82, 2.24) is 0 Å². The molecule has 0 spiro atoms. The summed E-state index contributed by atoms with van der Waals surface area (Å²) in [6, 6.07) is 5.61. The van der Waals surface area contributed by atoms with Gasteiger partial charge in [0.05, 0.1) is 25.4 Å².